The van der Waals surface area contributed by atoms with E-state index in [2.05, 4.69) is 11.0 Å². The van der Waals surface area contributed by atoms with Crippen LogP contribution < -0.4 is 5.73 Å². The van der Waals surface area contributed by atoms with Gasteiger partial charge >= 0.3 is 88.1 Å². The molecule has 0 fully saturated rings. The summed E-state index contributed by atoms with van der Waals surface area (Å²) in [5.41, 5.74) is 8.47. The number of rotatable bonds is 1. The molecule has 2 aromatic rings. The second-order valence-corrected chi connectivity index (χ2v) is 4.78. The number of nitrogen functional groups attached to an aromatic ring is 1. The Morgan fingerprint density at radius 1 is 1.21 bits per heavy atom. The van der Waals surface area contributed by atoms with Gasteiger partial charge in [0, 0.05) is 0 Å². The first-order valence-corrected chi connectivity index (χ1v) is 6.00. The first-order valence-electron chi connectivity index (χ1n) is 4.15. The molecular weight excluding hydrogens is 239 g/mol. The first-order chi connectivity index (χ1) is 6.83. The number of nitrogens with zero attached hydrogens (tertiary/aromatic N) is 1. The number of nitrogens with two attached hydrogens (primary N) is 1. The molecule has 0 aliphatic heterocycles. The monoisotopic (exact) mass is 248 g/mol. The van der Waals surface area contributed by atoms with Crippen molar-refractivity contribution < 1.29 is 0 Å². The van der Waals surface area contributed by atoms with Gasteiger partial charge in [-0.1, -0.05) is 0 Å². The molecule has 0 saturated carbocycles. The minimum absolute atomic E-state index is 0.149. The molecule has 68 valence electrons. The summed E-state index contributed by atoms with van der Waals surface area (Å²) in [6.07, 6.45) is 0. The average Bonchev–Trinajstić information content (AvgIpc) is 2.61. The van der Waals surface area contributed by atoms with E-state index >= 15 is 0 Å². The number of hydrogen-bond acceptors (Lipinski definition) is 2. The van der Waals surface area contributed by atoms with Gasteiger partial charge in [-0.2, -0.15) is 0 Å². The zero-order valence-corrected chi connectivity index (χ0v) is 9.11. The standard InChI is InChI=1S/C11H8N2Se/c12-6-9-10(7-14-11(9)13)8-4-2-1-3-5-8/h1-5,7H,13H2. The Balaban J connectivity index is 2.59. The molecule has 0 saturated heterocycles. The third kappa shape index (κ3) is 1.46. The summed E-state index contributed by atoms with van der Waals surface area (Å²) in [7, 11) is 0. The van der Waals surface area contributed by atoms with Crippen molar-refractivity contribution in [1.82, 2.24) is 0 Å². The third-order valence-corrected chi connectivity index (χ3v) is 3.72. The van der Waals surface area contributed by atoms with Gasteiger partial charge in [0.25, 0.3) is 0 Å². The Hall–Kier alpha value is -1.49. The van der Waals surface area contributed by atoms with Crippen LogP contribution in [-0.2, 0) is 0 Å². The van der Waals surface area contributed by atoms with Gasteiger partial charge in [0.1, 0.15) is 0 Å². The molecule has 0 atom stereocenters. The molecule has 0 bridgehead atoms. The maximum absolute atomic E-state index is 8.95. The van der Waals surface area contributed by atoms with Crippen molar-refractivity contribution in [3.05, 3.63) is 40.8 Å². The van der Waals surface area contributed by atoms with E-state index in [9.17, 15) is 0 Å². The van der Waals surface area contributed by atoms with E-state index in [4.69, 9.17) is 11.0 Å². The molecule has 0 aliphatic carbocycles. The molecule has 1 aromatic heterocycles. The third-order valence-electron chi connectivity index (χ3n) is 2.02. The van der Waals surface area contributed by atoms with Gasteiger partial charge in [0.15, 0.2) is 0 Å². The predicted molar refractivity (Wildman–Crippen MR) is 57.9 cm³/mol. The van der Waals surface area contributed by atoms with Crippen molar-refractivity contribution in [2.45, 2.75) is 0 Å². The van der Waals surface area contributed by atoms with E-state index in [1.54, 1.807) is 0 Å². The first kappa shape index (κ1) is 9.08. The van der Waals surface area contributed by atoms with E-state index in [-0.39, 0.29) is 14.5 Å². The molecule has 0 radical (unpaired) electrons. The Labute approximate surface area is 88.3 Å². The van der Waals surface area contributed by atoms with Crippen LogP contribution in [0.1, 0.15) is 5.56 Å². The normalized spacial score (nSPS) is 9.64. The summed E-state index contributed by atoms with van der Waals surface area (Å²) < 4.78 is 0.735. The second-order valence-electron chi connectivity index (χ2n) is 2.87. The van der Waals surface area contributed by atoms with Crippen molar-refractivity contribution in [3.8, 4) is 17.2 Å². The molecule has 0 aliphatic rings. The molecule has 2 rings (SSSR count). The summed E-state index contributed by atoms with van der Waals surface area (Å²) in [4.78, 5) is 2.07. The predicted octanol–water partition coefficient (Wildman–Crippen LogP) is 1.86. The Kier molecular flexibility index (Phi) is 2.41. The molecular formula is C11H8N2Se. The molecule has 3 heteroatoms. The molecule has 1 heterocycles. The van der Waals surface area contributed by atoms with Crippen molar-refractivity contribution in [1.29, 1.82) is 5.26 Å². The summed E-state index contributed by atoms with van der Waals surface area (Å²) in [6.45, 7) is 0. The molecule has 1 aromatic carbocycles. The number of benzene rings is 1. The van der Waals surface area contributed by atoms with Crippen molar-refractivity contribution in [3.63, 3.8) is 0 Å². The van der Waals surface area contributed by atoms with Crippen molar-refractivity contribution in [2.75, 3.05) is 5.73 Å². The zero-order valence-electron chi connectivity index (χ0n) is 7.40. The fraction of sp³-hybridized carbons (Fsp3) is 0. The quantitative estimate of drug-likeness (QED) is 0.782. The van der Waals surface area contributed by atoms with Crippen LogP contribution in [0.4, 0.5) is 4.56 Å². The fourth-order valence-corrected chi connectivity index (χ4v) is 2.94. The summed E-state index contributed by atoms with van der Waals surface area (Å²) >= 11 is 0.149. The van der Waals surface area contributed by atoms with Crippen LogP contribution in [0.5, 0.6) is 0 Å². The van der Waals surface area contributed by atoms with Crippen LogP contribution in [0, 0.1) is 11.3 Å². The van der Waals surface area contributed by atoms with Gasteiger partial charge in [-0.15, -0.1) is 0 Å². The Morgan fingerprint density at radius 3 is 2.57 bits per heavy atom. The summed E-state index contributed by atoms with van der Waals surface area (Å²) in [5, 5.41) is 8.95. The van der Waals surface area contributed by atoms with Crippen LogP contribution in [-0.4, -0.2) is 14.5 Å². The fourth-order valence-electron chi connectivity index (χ4n) is 1.32. The number of nitriles is 1. The Bertz CT molecular complexity index is 480. The molecule has 0 amide bonds. The topological polar surface area (TPSA) is 49.8 Å². The molecule has 14 heavy (non-hydrogen) atoms. The van der Waals surface area contributed by atoms with E-state index in [1.807, 2.05) is 30.3 Å². The van der Waals surface area contributed by atoms with Crippen molar-refractivity contribution in [2.24, 2.45) is 0 Å². The van der Waals surface area contributed by atoms with Gasteiger partial charge < -0.3 is 0 Å². The van der Waals surface area contributed by atoms with Gasteiger partial charge in [-0.05, 0) is 0 Å². The van der Waals surface area contributed by atoms with Crippen LogP contribution in [0.2, 0.25) is 0 Å². The number of anilines is 1. The molecule has 2 nitrogen and oxygen atoms in total. The van der Waals surface area contributed by atoms with Crippen LogP contribution in [0.15, 0.2) is 35.3 Å². The summed E-state index contributed by atoms with van der Waals surface area (Å²) in [5.74, 6) is 0. The van der Waals surface area contributed by atoms with Crippen LogP contribution in [0.25, 0.3) is 11.1 Å². The minimum atomic E-state index is 0.149. The van der Waals surface area contributed by atoms with Crippen LogP contribution in [0.3, 0.4) is 0 Å². The maximum atomic E-state index is 8.95. The molecule has 0 spiro atoms. The molecule has 0 unspecified atom stereocenters. The summed E-state index contributed by atoms with van der Waals surface area (Å²) in [6, 6.07) is 12.1. The van der Waals surface area contributed by atoms with Gasteiger partial charge in [0.05, 0.1) is 0 Å². The van der Waals surface area contributed by atoms with Crippen LogP contribution >= 0.6 is 0 Å². The van der Waals surface area contributed by atoms with Gasteiger partial charge in [-0.25, -0.2) is 0 Å². The van der Waals surface area contributed by atoms with Gasteiger partial charge in [-0.3, -0.25) is 0 Å². The SMILES string of the molecule is N#Cc1c(-c2ccccc2)c[se]c1N. The van der Waals surface area contributed by atoms with E-state index < -0.39 is 0 Å². The van der Waals surface area contributed by atoms with Crippen molar-refractivity contribution >= 4 is 19.1 Å². The van der Waals surface area contributed by atoms with E-state index in [0.717, 1.165) is 15.7 Å². The zero-order chi connectivity index (χ0) is 9.97. The van der Waals surface area contributed by atoms with Gasteiger partial charge in [0.2, 0.25) is 0 Å². The molecule has 2 N–H and O–H groups in total. The number of hydrogen-bond donors (Lipinski definition) is 1. The Morgan fingerprint density at radius 2 is 1.93 bits per heavy atom. The average molecular weight is 247 g/mol. The second kappa shape index (κ2) is 3.71. The van der Waals surface area contributed by atoms with E-state index in [1.165, 1.54) is 0 Å². The van der Waals surface area contributed by atoms with E-state index in [0.29, 0.717) is 5.56 Å².